The summed E-state index contributed by atoms with van der Waals surface area (Å²) in [6.07, 6.45) is 1.39. The van der Waals surface area contributed by atoms with E-state index in [0.29, 0.717) is 28.7 Å². The first-order valence-corrected chi connectivity index (χ1v) is 11.0. The summed E-state index contributed by atoms with van der Waals surface area (Å²) in [6, 6.07) is 19.0. The molecule has 0 heterocycles. The number of hydrazone groups is 1. The lowest BCUT2D eigenvalue weighted by molar-refractivity contribution is 0.306. The van der Waals surface area contributed by atoms with Crippen LogP contribution in [0.3, 0.4) is 0 Å². The number of nitrogens with zero attached hydrogens (tertiary/aromatic N) is 1. The average molecular weight is 461 g/mol. The third kappa shape index (κ3) is 6.13. The molecule has 0 unspecified atom stereocenters. The van der Waals surface area contributed by atoms with Crippen molar-refractivity contribution in [3.05, 3.63) is 82.9 Å². The number of rotatable bonds is 9. The van der Waals surface area contributed by atoms with Crippen molar-refractivity contribution in [1.82, 2.24) is 4.83 Å². The molecule has 0 bridgehead atoms. The Hall–Kier alpha value is -3.23. The van der Waals surface area contributed by atoms with Crippen molar-refractivity contribution < 1.29 is 22.6 Å². The number of benzene rings is 3. The molecule has 0 spiro atoms. The number of methoxy groups -OCH3 is 2. The van der Waals surface area contributed by atoms with Crippen LogP contribution in [0.25, 0.3) is 0 Å². The van der Waals surface area contributed by atoms with E-state index in [4.69, 9.17) is 25.8 Å². The molecular weight excluding hydrogens is 440 g/mol. The lowest BCUT2D eigenvalue weighted by Crippen LogP contribution is -2.19. The van der Waals surface area contributed by atoms with E-state index in [2.05, 4.69) is 9.93 Å². The maximum atomic E-state index is 12.6. The molecule has 0 aliphatic carbocycles. The fourth-order valence-electron chi connectivity index (χ4n) is 2.69. The van der Waals surface area contributed by atoms with Gasteiger partial charge >= 0.3 is 0 Å². The molecule has 0 saturated heterocycles. The smallest absolute Gasteiger partial charge is 0.280 e. The van der Waals surface area contributed by atoms with Gasteiger partial charge in [0, 0.05) is 11.1 Å². The number of ether oxygens (including phenoxy) is 3. The molecule has 3 aromatic carbocycles. The monoisotopic (exact) mass is 460 g/mol. The molecule has 0 saturated carbocycles. The second kappa shape index (κ2) is 10.2. The second-order valence-corrected chi connectivity index (χ2v) is 8.43. The van der Waals surface area contributed by atoms with Crippen molar-refractivity contribution in [2.45, 2.75) is 11.5 Å². The van der Waals surface area contributed by atoms with Crippen molar-refractivity contribution in [3.8, 4) is 17.2 Å². The van der Waals surface area contributed by atoms with Crippen LogP contribution in [0.2, 0.25) is 5.02 Å². The van der Waals surface area contributed by atoms with Gasteiger partial charge in [-0.05, 0) is 47.5 Å². The predicted octanol–water partition coefficient (Wildman–Crippen LogP) is 4.25. The zero-order valence-electron chi connectivity index (χ0n) is 16.9. The molecule has 0 aliphatic heterocycles. The van der Waals surface area contributed by atoms with Crippen molar-refractivity contribution in [1.29, 1.82) is 0 Å². The van der Waals surface area contributed by atoms with Crippen LogP contribution < -0.4 is 19.0 Å². The number of sulfonamides is 1. The van der Waals surface area contributed by atoms with Gasteiger partial charge in [-0.2, -0.15) is 18.4 Å². The highest BCUT2D eigenvalue weighted by Crippen LogP contribution is 2.28. The van der Waals surface area contributed by atoms with Crippen LogP contribution in [0.1, 0.15) is 11.1 Å². The van der Waals surface area contributed by atoms with Crippen LogP contribution in [-0.2, 0) is 16.6 Å². The molecular formula is C22H21ClN2O5S. The first-order chi connectivity index (χ1) is 14.9. The highest BCUT2D eigenvalue weighted by molar-refractivity contribution is 7.89. The summed E-state index contributed by atoms with van der Waals surface area (Å²) in [5.41, 5.74) is 1.59. The summed E-state index contributed by atoms with van der Waals surface area (Å²) in [5.74, 6) is 1.18. The Labute approximate surface area is 186 Å². The Morgan fingerprint density at radius 2 is 1.77 bits per heavy atom. The summed E-state index contributed by atoms with van der Waals surface area (Å²) in [7, 11) is -1.13. The maximum Gasteiger partial charge on any atom is 0.280 e. The highest BCUT2D eigenvalue weighted by atomic mass is 35.5. The third-order valence-corrected chi connectivity index (χ3v) is 5.68. The zero-order valence-corrected chi connectivity index (χ0v) is 18.5. The van der Waals surface area contributed by atoms with Gasteiger partial charge in [-0.15, -0.1) is 0 Å². The summed E-state index contributed by atoms with van der Waals surface area (Å²) >= 11 is 5.98. The Bertz CT molecular complexity index is 1180. The first-order valence-electron chi connectivity index (χ1n) is 9.15. The number of hydrogen-bond acceptors (Lipinski definition) is 6. The van der Waals surface area contributed by atoms with E-state index in [9.17, 15) is 8.42 Å². The van der Waals surface area contributed by atoms with Gasteiger partial charge < -0.3 is 14.2 Å². The molecule has 1 N–H and O–H groups in total. The van der Waals surface area contributed by atoms with E-state index >= 15 is 0 Å². The molecule has 0 aliphatic rings. The summed E-state index contributed by atoms with van der Waals surface area (Å²) in [5, 5.41) is 4.50. The van der Waals surface area contributed by atoms with Gasteiger partial charge in [-0.25, -0.2) is 0 Å². The maximum absolute atomic E-state index is 12.6. The Morgan fingerprint density at radius 3 is 2.52 bits per heavy atom. The van der Waals surface area contributed by atoms with Crippen LogP contribution in [0.5, 0.6) is 17.2 Å². The molecule has 162 valence electrons. The molecule has 3 rings (SSSR count). The quantitative estimate of drug-likeness (QED) is 0.381. The van der Waals surface area contributed by atoms with Crippen molar-refractivity contribution in [2.75, 3.05) is 14.2 Å². The van der Waals surface area contributed by atoms with Gasteiger partial charge in [0.15, 0.2) is 0 Å². The van der Waals surface area contributed by atoms with Crippen LogP contribution in [0.4, 0.5) is 0 Å². The van der Waals surface area contributed by atoms with Gasteiger partial charge in [-0.3, -0.25) is 0 Å². The predicted molar refractivity (Wildman–Crippen MR) is 120 cm³/mol. The Morgan fingerprint density at radius 1 is 0.968 bits per heavy atom. The lowest BCUT2D eigenvalue weighted by atomic mass is 10.2. The minimum atomic E-state index is -3.96. The molecule has 0 atom stereocenters. The van der Waals surface area contributed by atoms with Crippen LogP contribution in [0, 0.1) is 0 Å². The van der Waals surface area contributed by atoms with Crippen molar-refractivity contribution >= 4 is 27.8 Å². The molecule has 0 radical (unpaired) electrons. The van der Waals surface area contributed by atoms with E-state index in [1.54, 1.807) is 36.4 Å². The van der Waals surface area contributed by atoms with Crippen molar-refractivity contribution in [2.24, 2.45) is 5.10 Å². The van der Waals surface area contributed by atoms with Crippen LogP contribution >= 0.6 is 11.6 Å². The van der Waals surface area contributed by atoms with Crippen molar-refractivity contribution in [3.63, 3.8) is 0 Å². The minimum absolute atomic E-state index is 0.0786. The Balaban J connectivity index is 1.69. The van der Waals surface area contributed by atoms with E-state index in [1.165, 1.54) is 32.6 Å². The molecule has 9 heteroatoms. The second-order valence-electron chi connectivity index (χ2n) is 6.36. The lowest BCUT2D eigenvalue weighted by Gasteiger charge is -2.10. The Kier molecular flexibility index (Phi) is 7.38. The molecule has 0 fully saturated rings. The van der Waals surface area contributed by atoms with Crippen LogP contribution in [-0.4, -0.2) is 28.9 Å². The van der Waals surface area contributed by atoms with Crippen LogP contribution in [0.15, 0.2) is 76.7 Å². The fourth-order valence-corrected chi connectivity index (χ4v) is 3.88. The van der Waals surface area contributed by atoms with E-state index in [0.717, 1.165) is 5.56 Å². The molecule has 7 nitrogen and oxygen atoms in total. The highest BCUT2D eigenvalue weighted by Gasteiger charge is 2.20. The van der Waals surface area contributed by atoms with E-state index in [-0.39, 0.29) is 10.6 Å². The van der Waals surface area contributed by atoms with Gasteiger partial charge in [-0.1, -0.05) is 35.9 Å². The largest absolute Gasteiger partial charge is 0.497 e. The topological polar surface area (TPSA) is 86.2 Å². The zero-order chi connectivity index (χ0) is 22.3. The molecule has 0 aromatic heterocycles. The van der Waals surface area contributed by atoms with Gasteiger partial charge in [0.1, 0.15) is 28.8 Å². The van der Waals surface area contributed by atoms with Gasteiger partial charge in [0.25, 0.3) is 10.0 Å². The average Bonchev–Trinajstić information content (AvgIpc) is 2.77. The fraction of sp³-hybridized carbons (Fsp3) is 0.136. The summed E-state index contributed by atoms with van der Waals surface area (Å²) < 4.78 is 41.2. The molecule has 31 heavy (non-hydrogen) atoms. The summed E-state index contributed by atoms with van der Waals surface area (Å²) in [6.45, 7) is 0.351. The third-order valence-electron chi connectivity index (χ3n) is 4.20. The van der Waals surface area contributed by atoms with E-state index < -0.39 is 10.0 Å². The van der Waals surface area contributed by atoms with Gasteiger partial charge in [0.05, 0.1) is 20.4 Å². The SMILES string of the molecule is COc1ccc(OC)c(S(=O)(=O)NN=Cc2cccc(OCc3cccc(Cl)c3)c2)c1. The van der Waals surface area contributed by atoms with E-state index in [1.807, 2.05) is 18.2 Å². The standard InChI is InChI=1S/C22H21ClN2O5S/c1-28-19-9-10-21(29-2)22(13-19)31(26,27)25-24-14-16-5-4-8-20(12-16)30-15-17-6-3-7-18(23)11-17/h3-14,25H,15H2,1-2H3. The number of halogens is 1. The first kappa shape index (κ1) is 22.5. The van der Waals surface area contributed by atoms with Gasteiger partial charge in [0.2, 0.25) is 0 Å². The number of hydrogen-bond donors (Lipinski definition) is 1. The number of nitrogens with one attached hydrogen (secondary N) is 1. The molecule has 3 aromatic rings. The minimum Gasteiger partial charge on any atom is -0.497 e. The normalized spacial score (nSPS) is 11.3. The summed E-state index contributed by atoms with van der Waals surface area (Å²) in [4.78, 5) is 2.11. The molecule has 0 amide bonds.